The van der Waals surface area contributed by atoms with Crippen molar-refractivity contribution in [3.63, 3.8) is 0 Å². The van der Waals surface area contributed by atoms with E-state index in [9.17, 15) is 9.59 Å². The third-order valence-electron chi connectivity index (χ3n) is 4.15. The van der Waals surface area contributed by atoms with E-state index in [1.807, 2.05) is 13.8 Å². The second-order valence-electron chi connectivity index (χ2n) is 5.92. The van der Waals surface area contributed by atoms with E-state index in [2.05, 4.69) is 0 Å². The molecule has 130 valence electrons. The Morgan fingerprint density at radius 1 is 1.13 bits per heavy atom. The number of hydrogen-bond donors (Lipinski definition) is 0. The third-order valence-corrected chi connectivity index (χ3v) is 4.15. The Morgan fingerprint density at radius 2 is 1.74 bits per heavy atom. The smallest absolute Gasteiger partial charge is 0.331 e. The van der Waals surface area contributed by atoms with E-state index >= 15 is 0 Å². The number of nitrogens with zero attached hydrogens (tertiary/aromatic N) is 2. The highest BCUT2D eigenvalue weighted by Gasteiger charge is 2.55. The third kappa shape index (κ3) is 3.21. The van der Waals surface area contributed by atoms with Crippen molar-refractivity contribution in [2.45, 2.75) is 57.9 Å². The van der Waals surface area contributed by atoms with Crippen LogP contribution in [0.2, 0.25) is 0 Å². The Kier molecular flexibility index (Phi) is 4.86. The van der Waals surface area contributed by atoms with Gasteiger partial charge in [0.1, 0.15) is 18.2 Å². The second-order valence-corrected chi connectivity index (χ2v) is 5.92. The van der Waals surface area contributed by atoms with Crippen LogP contribution >= 0.6 is 0 Å². The van der Waals surface area contributed by atoms with E-state index in [0.29, 0.717) is 26.4 Å². The van der Waals surface area contributed by atoms with Crippen LogP contribution in [0.1, 0.15) is 27.2 Å². The minimum absolute atomic E-state index is 0.164. The second kappa shape index (κ2) is 6.72. The van der Waals surface area contributed by atoms with Crippen LogP contribution in [0, 0.1) is 0 Å². The van der Waals surface area contributed by atoms with Gasteiger partial charge in [-0.1, -0.05) is 6.92 Å². The van der Waals surface area contributed by atoms with Crippen LogP contribution in [0.25, 0.3) is 0 Å². The van der Waals surface area contributed by atoms with Crippen molar-refractivity contribution in [1.82, 2.24) is 9.80 Å². The molecule has 0 aromatic heterocycles. The van der Waals surface area contributed by atoms with E-state index in [4.69, 9.17) is 18.9 Å². The van der Waals surface area contributed by atoms with Gasteiger partial charge in [-0.25, -0.2) is 9.69 Å². The lowest BCUT2D eigenvalue weighted by molar-refractivity contribution is -0.139. The first-order valence-corrected chi connectivity index (χ1v) is 8.21. The summed E-state index contributed by atoms with van der Waals surface area (Å²) in [5.41, 5.74) is 0. The van der Waals surface area contributed by atoms with Crippen molar-refractivity contribution in [1.29, 1.82) is 0 Å². The van der Waals surface area contributed by atoms with Crippen LogP contribution < -0.4 is 0 Å². The zero-order valence-corrected chi connectivity index (χ0v) is 13.8. The molecule has 5 unspecified atom stereocenters. The molecule has 0 radical (unpaired) electrons. The Morgan fingerprint density at radius 3 is 2.26 bits per heavy atom. The first-order valence-electron chi connectivity index (χ1n) is 8.21. The number of epoxide rings is 2. The molecular formula is C15H24N2O6. The number of rotatable bonds is 9. The number of ether oxygens (including phenoxy) is 4. The molecule has 0 N–H and O–H groups in total. The monoisotopic (exact) mass is 328 g/mol. The molecule has 8 heteroatoms. The maximum atomic E-state index is 12.9. The minimum Gasteiger partial charge on any atom is -0.368 e. The van der Waals surface area contributed by atoms with E-state index < -0.39 is 24.5 Å². The maximum Gasteiger partial charge on any atom is 0.331 e. The summed E-state index contributed by atoms with van der Waals surface area (Å²) in [7, 11) is 0. The van der Waals surface area contributed by atoms with Gasteiger partial charge in [-0.05, 0) is 20.3 Å². The highest BCUT2D eigenvalue weighted by Crippen LogP contribution is 2.32. The van der Waals surface area contributed by atoms with Crippen molar-refractivity contribution >= 4 is 11.9 Å². The van der Waals surface area contributed by atoms with Gasteiger partial charge in [0.05, 0.1) is 13.2 Å². The summed E-state index contributed by atoms with van der Waals surface area (Å²) < 4.78 is 21.9. The Labute approximate surface area is 135 Å². The number of carbonyl (C=O) groups excluding carboxylic acids is 2. The van der Waals surface area contributed by atoms with Crippen molar-refractivity contribution in [3.05, 3.63) is 0 Å². The fourth-order valence-electron chi connectivity index (χ4n) is 2.83. The number of urea groups is 1. The summed E-state index contributed by atoms with van der Waals surface area (Å²) in [4.78, 5) is 28.2. The zero-order chi connectivity index (χ0) is 16.6. The van der Waals surface area contributed by atoms with Crippen LogP contribution in [0.4, 0.5) is 4.79 Å². The topological polar surface area (TPSA) is 84.1 Å². The predicted molar refractivity (Wildman–Crippen MR) is 78.5 cm³/mol. The quantitative estimate of drug-likeness (QED) is 0.454. The number of hydrogen-bond acceptors (Lipinski definition) is 6. The van der Waals surface area contributed by atoms with Gasteiger partial charge in [0.25, 0.3) is 5.91 Å². The average Bonchev–Trinajstić information content (AvgIpc) is 3.41. The van der Waals surface area contributed by atoms with Crippen LogP contribution in [0.5, 0.6) is 0 Å². The molecular weight excluding hydrogens is 304 g/mol. The van der Waals surface area contributed by atoms with Gasteiger partial charge in [-0.3, -0.25) is 9.69 Å². The van der Waals surface area contributed by atoms with Crippen LogP contribution in [-0.4, -0.2) is 78.9 Å². The van der Waals surface area contributed by atoms with Crippen molar-refractivity contribution in [3.8, 4) is 0 Å². The standard InChI is InChI=1S/C15H24N2O6/c1-4-6-21-13(10-7-22-10)16-9(3)12(18)17(15(16)19)14(20-5-2)11-8-23-11/h9-11,13-14H,4-8H2,1-3H3. The largest absolute Gasteiger partial charge is 0.368 e. The van der Waals surface area contributed by atoms with Crippen molar-refractivity contribution in [2.24, 2.45) is 0 Å². The van der Waals surface area contributed by atoms with Crippen LogP contribution in [0.3, 0.4) is 0 Å². The van der Waals surface area contributed by atoms with Gasteiger partial charge in [-0.2, -0.15) is 0 Å². The highest BCUT2D eigenvalue weighted by molar-refractivity contribution is 6.04. The minimum atomic E-state index is -0.667. The van der Waals surface area contributed by atoms with Gasteiger partial charge < -0.3 is 18.9 Å². The molecule has 3 rings (SSSR count). The Hall–Kier alpha value is -1.22. The molecule has 0 aromatic carbocycles. The van der Waals surface area contributed by atoms with Crippen LogP contribution in [-0.2, 0) is 23.7 Å². The zero-order valence-electron chi connectivity index (χ0n) is 13.8. The number of carbonyl (C=O) groups is 2. The fraction of sp³-hybridized carbons (Fsp3) is 0.867. The summed E-state index contributed by atoms with van der Waals surface area (Å²) in [5, 5.41) is 0. The summed E-state index contributed by atoms with van der Waals surface area (Å²) in [6.45, 7) is 7.48. The summed E-state index contributed by atoms with van der Waals surface area (Å²) in [5.74, 6) is -0.283. The predicted octanol–water partition coefficient (Wildman–Crippen LogP) is 0.552. The molecule has 3 heterocycles. The molecule has 0 bridgehead atoms. The van der Waals surface area contributed by atoms with Crippen molar-refractivity contribution < 1.29 is 28.5 Å². The van der Waals surface area contributed by atoms with Gasteiger partial charge >= 0.3 is 6.03 Å². The molecule has 0 aromatic rings. The number of imide groups is 1. The van der Waals surface area contributed by atoms with Gasteiger partial charge in [0.2, 0.25) is 0 Å². The molecule has 3 fully saturated rings. The SMILES string of the molecule is CCCOC(C1CO1)N1C(=O)N(C(OCC)C2CO2)C(=O)C1C. The van der Waals surface area contributed by atoms with E-state index in [1.165, 1.54) is 9.80 Å². The van der Waals surface area contributed by atoms with E-state index in [0.717, 1.165) is 6.42 Å². The number of amides is 3. The molecule has 0 saturated carbocycles. The van der Waals surface area contributed by atoms with E-state index in [1.54, 1.807) is 6.92 Å². The van der Waals surface area contributed by atoms with Gasteiger partial charge in [0.15, 0.2) is 12.5 Å². The lowest BCUT2D eigenvalue weighted by Crippen LogP contribution is -2.49. The lowest BCUT2D eigenvalue weighted by atomic mass is 10.2. The molecule has 3 saturated heterocycles. The molecule has 5 atom stereocenters. The summed E-state index contributed by atoms with van der Waals surface area (Å²) in [6.07, 6.45) is -0.770. The first-order chi connectivity index (χ1) is 11.1. The summed E-state index contributed by atoms with van der Waals surface area (Å²) >= 11 is 0. The first kappa shape index (κ1) is 16.6. The molecule has 23 heavy (non-hydrogen) atoms. The van der Waals surface area contributed by atoms with Crippen molar-refractivity contribution in [2.75, 3.05) is 26.4 Å². The molecule has 3 amide bonds. The summed E-state index contributed by atoms with van der Waals surface area (Å²) in [6, 6.07) is -0.997. The van der Waals surface area contributed by atoms with E-state index in [-0.39, 0.29) is 18.1 Å². The molecule has 3 aliphatic rings. The Balaban J connectivity index is 1.78. The molecule has 0 spiro atoms. The maximum absolute atomic E-state index is 12.9. The lowest BCUT2D eigenvalue weighted by Gasteiger charge is -2.29. The van der Waals surface area contributed by atoms with Crippen LogP contribution in [0.15, 0.2) is 0 Å². The molecule has 8 nitrogen and oxygen atoms in total. The normalized spacial score (nSPS) is 32.4. The average molecular weight is 328 g/mol. The highest BCUT2D eigenvalue weighted by atomic mass is 16.6. The van der Waals surface area contributed by atoms with Gasteiger partial charge in [-0.15, -0.1) is 0 Å². The molecule has 3 aliphatic heterocycles. The molecule has 0 aliphatic carbocycles. The van der Waals surface area contributed by atoms with Gasteiger partial charge in [0, 0.05) is 13.2 Å². The Bertz CT molecular complexity index is 465. The fourth-order valence-corrected chi connectivity index (χ4v) is 2.83.